The fraction of sp³-hybridized carbons (Fsp3) is 0.345. The average Bonchev–Trinajstić information content (AvgIpc) is 3.30. The van der Waals surface area contributed by atoms with Crippen LogP contribution < -0.4 is 14.4 Å². The summed E-state index contributed by atoms with van der Waals surface area (Å²) < 4.78 is 14.5. The van der Waals surface area contributed by atoms with E-state index in [-0.39, 0.29) is 11.9 Å². The molecule has 0 bridgehead atoms. The molecule has 0 spiro atoms. The summed E-state index contributed by atoms with van der Waals surface area (Å²) in [5.74, 6) is 1.19. The van der Waals surface area contributed by atoms with Gasteiger partial charge in [-0.25, -0.2) is 9.13 Å². The zero-order chi connectivity index (χ0) is 29.8. The molecule has 0 N–H and O–H groups in total. The van der Waals surface area contributed by atoms with Gasteiger partial charge in [0.25, 0.3) is 5.82 Å². The molecular weight excluding hydrogens is 610 g/mol. The number of nitrogens with zero attached hydrogens (tertiary/aromatic N) is 4. The van der Waals surface area contributed by atoms with Crippen LogP contribution in [-0.4, -0.2) is 43.3 Å². The van der Waals surface area contributed by atoms with Crippen molar-refractivity contribution in [2.24, 2.45) is 7.05 Å². The van der Waals surface area contributed by atoms with E-state index in [2.05, 4.69) is 9.47 Å². The van der Waals surface area contributed by atoms with Gasteiger partial charge in [0.1, 0.15) is 5.82 Å². The second-order valence-electron chi connectivity index (χ2n) is 9.56. The first-order chi connectivity index (χ1) is 19.5. The van der Waals surface area contributed by atoms with E-state index in [1.807, 2.05) is 66.1 Å². The van der Waals surface area contributed by atoms with E-state index in [0.717, 1.165) is 34.1 Å². The second-order valence-corrected chi connectivity index (χ2v) is 11.2. The van der Waals surface area contributed by atoms with Gasteiger partial charge < -0.3 is 19.3 Å². The predicted octanol–water partition coefficient (Wildman–Crippen LogP) is 6.80. The van der Waals surface area contributed by atoms with Gasteiger partial charge in [0, 0.05) is 52.1 Å². The summed E-state index contributed by atoms with van der Waals surface area (Å²) in [5.41, 5.74) is 3.67. The molecule has 1 aromatic heterocycles. The van der Waals surface area contributed by atoms with E-state index < -0.39 is 0 Å². The smallest absolute Gasteiger partial charge is 0.302 e. The minimum atomic E-state index is -0.309. The minimum Gasteiger partial charge on any atom is -0.466 e. The standard InChI is InChI=1S/C29H31Cl4N4O4/c1-18(38)40-12-6-10-36-26-16-22(32)20(30)14-24(26)34(3)28(36)8-5-9-29-35(4)25-15-21(31)23(33)17-27(25)37(29)11-7-13-41-19(2)39/h5,8-9,14-17H,6-7,10-13H2,1-4H3/q+1. The third-order valence-electron chi connectivity index (χ3n) is 6.73. The number of imidazole rings is 1. The third kappa shape index (κ3) is 6.95. The first kappa shape index (κ1) is 31.0. The van der Waals surface area contributed by atoms with E-state index in [4.69, 9.17) is 55.9 Å². The molecule has 0 aliphatic carbocycles. The van der Waals surface area contributed by atoms with E-state index in [1.54, 1.807) is 0 Å². The lowest BCUT2D eigenvalue weighted by atomic mass is 10.2. The van der Waals surface area contributed by atoms with Crippen molar-refractivity contribution in [2.45, 2.75) is 33.2 Å². The minimum absolute atomic E-state index is 0.309. The Morgan fingerprint density at radius 2 is 1.41 bits per heavy atom. The molecule has 0 saturated heterocycles. The molecule has 0 saturated carbocycles. The van der Waals surface area contributed by atoms with Gasteiger partial charge in [-0.3, -0.25) is 9.59 Å². The van der Waals surface area contributed by atoms with Gasteiger partial charge in [0.2, 0.25) is 0 Å². The summed E-state index contributed by atoms with van der Waals surface area (Å²) >= 11 is 25.4. The number of halogens is 4. The van der Waals surface area contributed by atoms with Crippen molar-refractivity contribution in [1.29, 1.82) is 0 Å². The number of allylic oxidation sites excluding steroid dienone is 2. The van der Waals surface area contributed by atoms with Crippen LogP contribution in [0.25, 0.3) is 17.1 Å². The molecule has 0 radical (unpaired) electrons. The van der Waals surface area contributed by atoms with Gasteiger partial charge in [0.05, 0.1) is 58.3 Å². The quantitative estimate of drug-likeness (QED) is 0.138. The molecule has 2 heterocycles. The molecule has 0 atom stereocenters. The Morgan fingerprint density at radius 1 is 0.854 bits per heavy atom. The van der Waals surface area contributed by atoms with Crippen molar-refractivity contribution in [3.8, 4) is 0 Å². The second kappa shape index (κ2) is 13.4. The number of carbonyl (C=O) groups excluding carboxylic acids is 2. The number of carbonyl (C=O) groups is 2. The number of hydrogen-bond acceptors (Lipinski definition) is 6. The van der Waals surface area contributed by atoms with E-state index >= 15 is 0 Å². The van der Waals surface area contributed by atoms with Crippen molar-refractivity contribution >= 4 is 86.8 Å². The van der Waals surface area contributed by atoms with Gasteiger partial charge in [0.15, 0.2) is 11.0 Å². The summed E-state index contributed by atoms with van der Waals surface area (Å²) in [6, 6.07) is 7.38. The molecule has 12 heteroatoms. The van der Waals surface area contributed by atoms with Gasteiger partial charge in [-0.2, -0.15) is 0 Å². The SMILES string of the molecule is CC(=O)OCCCN1/C(=C\C=C\c2n(CCCOC(C)=O)c3cc(Cl)c(Cl)cc3[n+]2C)N(C)c2cc(Cl)c(Cl)cc21. The number of ether oxygens (including phenoxy) is 2. The fourth-order valence-electron chi connectivity index (χ4n) is 4.85. The molecule has 0 unspecified atom stereocenters. The summed E-state index contributed by atoms with van der Waals surface area (Å²) in [4.78, 5) is 26.7. The lowest BCUT2D eigenvalue weighted by molar-refractivity contribution is -0.647. The van der Waals surface area contributed by atoms with Crippen LogP contribution in [0.5, 0.6) is 0 Å². The van der Waals surface area contributed by atoms with E-state index in [1.165, 1.54) is 13.8 Å². The lowest BCUT2D eigenvalue weighted by Gasteiger charge is -2.22. The summed E-state index contributed by atoms with van der Waals surface area (Å²) in [5, 5.41) is 1.86. The number of rotatable bonds is 10. The van der Waals surface area contributed by atoms with Crippen LogP contribution in [-0.2, 0) is 32.7 Å². The number of aryl methyl sites for hydroxylation is 2. The maximum absolute atomic E-state index is 11.2. The van der Waals surface area contributed by atoms with Crippen LogP contribution in [0.1, 0.15) is 32.5 Å². The lowest BCUT2D eigenvalue weighted by Crippen LogP contribution is -2.31. The normalized spacial score (nSPS) is 14.0. The van der Waals surface area contributed by atoms with Crippen LogP contribution in [0.15, 0.2) is 42.2 Å². The summed E-state index contributed by atoms with van der Waals surface area (Å²) in [6.07, 6.45) is 7.24. The van der Waals surface area contributed by atoms with Crippen molar-refractivity contribution < 1.29 is 23.6 Å². The average molecular weight is 641 g/mol. The number of aromatic nitrogens is 2. The summed E-state index contributed by atoms with van der Waals surface area (Å²) in [7, 11) is 3.93. The Labute approximate surface area is 259 Å². The van der Waals surface area contributed by atoms with Crippen molar-refractivity contribution in [1.82, 2.24) is 4.57 Å². The molecule has 218 valence electrons. The summed E-state index contributed by atoms with van der Waals surface area (Å²) in [6.45, 7) is 4.61. The fourth-order valence-corrected chi connectivity index (χ4v) is 5.48. The highest BCUT2D eigenvalue weighted by atomic mass is 35.5. The van der Waals surface area contributed by atoms with Crippen molar-refractivity contribution in [2.75, 3.05) is 36.6 Å². The Balaban J connectivity index is 1.69. The Bertz CT molecular complexity index is 1550. The van der Waals surface area contributed by atoms with Crippen molar-refractivity contribution in [3.05, 3.63) is 68.2 Å². The number of benzene rings is 2. The largest absolute Gasteiger partial charge is 0.466 e. The van der Waals surface area contributed by atoms with E-state index in [9.17, 15) is 9.59 Å². The van der Waals surface area contributed by atoms with Gasteiger partial charge in [-0.15, -0.1) is 0 Å². The molecule has 41 heavy (non-hydrogen) atoms. The first-order valence-corrected chi connectivity index (χ1v) is 14.5. The van der Waals surface area contributed by atoms with Crippen LogP contribution >= 0.6 is 46.4 Å². The van der Waals surface area contributed by atoms with Crippen molar-refractivity contribution in [3.63, 3.8) is 0 Å². The molecule has 0 amide bonds. The maximum atomic E-state index is 11.2. The Kier molecular flexibility index (Phi) is 10.1. The number of esters is 2. The molecule has 1 aliphatic heterocycles. The molecule has 3 aromatic rings. The molecular formula is C29H31Cl4N4O4+. The Morgan fingerprint density at radius 3 is 2.05 bits per heavy atom. The maximum Gasteiger partial charge on any atom is 0.302 e. The van der Waals surface area contributed by atoms with Gasteiger partial charge in [-0.1, -0.05) is 52.5 Å². The monoisotopic (exact) mass is 639 g/mol. The number of anilines is 2. The van der Waals surface area contributed by atoms with E-state index in [0.29, 0.717) is 59.2 Å². The zero-order valence-electron chi connectivity index (χ0n) is 23.2. The highest BCUT2D eigenvalue weighted by molar-refractivity contribution is 6.43. The third-order valence-corrected chi connectivity index (χ3v) is 8.18. The molecule has 4 rings (SSSR count). The number of fused-ring (bicyclic) bond motifs is 2. The van der Waals surface area contributed by atoms with Crippen LogP contribution in [0, 0.1) is 0 Å². The highest BCUT2D eigenvalue weighted by Gasteiger charge is 2.30. The molecule has 8 nitrogen and oxygen atoms in total. The first-order valence-electron chi connectivity index (χ1n) is 13.0. The van der Waals surface area contributed by atoms with Crippen LogP contribution in [0.2, 0.25) is 20.1 Å². The molecule has 2 aromatic carbocycles. The van der Waals surface area contributed by atoms with Crippen LogP contribution in [0.4, 0.5) is 11.4 Å². The molecule has 0 fully saturated rings. The van der Waals surface area contributed by atoms with Gasteiger partial charge in [-0.05, 0) is 24.6 Å². The highest BCUT2D eigenvalue weighted by Crippen LogP contribution is 2.45. The van der Waals surface area contributed by atoms with Gasteiger partial charge >= 0.3 is 11.9 Å². The number of hydrogen-bond donors (Lipinski definition) is 0. The predicted molar refractivity (Wildman–Crippen MR) is 165 cm³/mol. The molecule has 1 aliphatic rings. The topological polar surface area (TPSA) is 67.9 Å². The van der Waals surface area contributed by atoms with Crippen LogP contribution in [0.3, 0.4) is 0 Å². The zero-order valence-corrected chi connectivity index (χ0v) is 26.2. The Hall–Kier alpha value is -2.91.